The highest BCUT2D eigenvalue weighted by molar-refractivity contribution is 6.01. The number of amides is 2. The number of likely N-dealkylation sites (tertiary alicyclic amines) is 1. The van der Waals surface area contributed by atoms with Crippen molar-refractivity contribution in [1.29, 1.82) is 0 Å². The minimum atomic E-state index is -3.95. The van der Waals surface area contributed by atoms with E-state index in [0.29, 0.717) is 23.9 Å². The minimum absolute atomic E-state index is 0.0777. The van der Waals surface area contributed by atoms with Crippen LogP contribution in [0.3, 0.4) is 0 Å². The third kappa shape index (κ3) is 10.1. The third-order valence-electron chi connectivity index (χ3n) is 10.7. The van der Waals surface area contributed by atoms with Crippen LogP contribution < -0.4 is 10.1 Å². The molecular weight excluding hydrogens is 693 g/mol. The van der Waals surface area contributed by atoms with E-state index in [9.17, 15) is 22.8 Å². The maximum Gasteiger partial charge on any atom is 0.389 e. The van der Waals surface area contributed by atoms with E-state index >= 15 is 0 Å². The van der Waals surface area contributed by atoms with Gasteiger partial charge in [-0.05, 0) is 107 Å². The number of benzene rings is 2. The Hall–Kier alpha value is -4.30. The van der Waals surface area contributed by atoms with E-state index in [4.69, 9.17) is 9.53 Å². The van der Waals surface area contributed by atoms with Gasteiger partial charge in [-0.25, -0.2) is 0 Å². The number of carbonyl (C=O) groups excluding carboxylic acids is 3. The zero-order valence-electron chi connectivity index (χ0n) is 33.2. The Balaban J connectivity index is 0.000000392. The summed E-state index contributed by atoms with van der Waals surface area (Å²) in [4.78, 5) is 38.8. The highest BCUT2D eigenvalue weighted by Gasteiger charge is 2.64. The van der Waals surface area contributed by atoms with Gasteiger partial charge in [0.25, 0.3) is 5.91 Å². The van der Waals surface area contributed by atoms with Gasteiger partial charge >= 0.3 is 6.18 Å². The van der Waals surface area contributed by atoms with Gasteiger partial charge in [-0.15, -0.1) is 12.3 Å². The van der Waals surface area contributed by atoms with Gasteiger partial charge in [-0.3, -0.25) is 9.59 Å². The van der Waals surface area contributed by atoms with E-state index in [0.717, 1.165) is 43.7 Å². The summed E-state index contributed by atoms with van der Waals surface area (Å²) in [5.41, 5.74) is 6.49. The summed E-state index contributed by atoms with van der Waals surface area (Å²) < 4.78 is 41.2. The summed E-state index contributed by atoms with van der Waals surface area (Å²) in [5.74, 6) is 4.01. The number of fused-ring (bicyclic) bond motifs is 7. The lowest BCUT2D eigenvalue weighted by Crippen LogP contribution is -2.47. The Labute approximate surface area is 319 Å². The van der Waals surface area contributed by atoms with Gasteiger partial charge in [0, 0.05) is 61.1 Å². The number of nitrogens with zero attached hydrogens (tertiary/aromatic N) is 3. The fourth-order valence-corrected chi connectivity index (χ4v) is 7.68. The predicted octanol–water partition coefficient (Wildman–Crippen LogP) is 8.82. The zero-order valence-corrected chi connectivity index (χ0v) is 33.2. The van der Waals surface area contributed by atoms with E-state index in [-0.39, 0.29) is 18.2 Å². The van der Waals surface area contributed by atoms with Gasteiger partial charge in [-0.2, -0.15) is 13.2 Å². The van der Waals surface area contributed by atoms with Crippen molar-refractivity contribution in [3.63, 3.8) is 0 Å². The quantitative estimate of drug-likeness (QED) is 0.255. The molecule has 0 radical (unpaired) electrons. The normalized spacial score (nSPS) is 19.4. The van der Waals surface area contributed by atoms with E-state index in [1.807, 2.05) is 12.9 Å². The smallest absolute Gasteiger partial charge is 0.389 e. The molecule has 0 bridgehead atoms. The first kappa shape index (κ1) is 44.1. The number of hydrogen-bond acceptors (Lipinski definition) is 5. The Bertz CT molecular complexity index is 1750. The maximum absolute atomic E-state index is 14.0. The monoisotopic (exact) mass is 752 g/mol. The summed E-state index contributed by atoms with van der Waals surface area (Å²) in [5, 5.41) is 4.02. The third-order valence-corrected chi connectivity index (χ3v) is 10.7. The molecule has 2 atom stereocenters. The van der Waals surface area contributed by atoms with Crippen LogP contribution in [0.2, 0.25) is 0 Å². The lowest BCUT2D eigenvalue weighted by Gasteiger charge is -2.35. The van der Waals surface area contributed by atoms with Gasteiger partial charge in [0.05, 0.1) is 18.2 Å². The van der Waals surface area contributed by atoms with Crippen molar-refractivity contribution in [2.75, 3.05) is 47.9 Å². The van der Waals surface area contributed by atoms with Crippen molar-refractivity contribution in [2.45, 2.75) is 103 Å². The van der Waals surface area contributed by atoms with Crippen LogP contribution >= 0.6 is 0 Å². The van der Waals surface area contributed by atoms with Crippen molar-refractivity contribution >= 4 is 29.5 Å². The number of hydrogen-bond donors (Lipinski definition) is 1. The van der Waals surface area contributed by atoms with Gasteiger partial charge in [0.2, 0.25) is 5.91 Å². The Kier molecular flexibility index (Phi) is 16.2. The molecule has 3 aromatic rings. The van der Waals surface area contributed by atoms with Crippen LogP contribution in [0.15, 0.2) is 36.4 Å². The number of rotatable bonds is 6. The zero-order chi connectivity index (χ0) is 40.2. The second kappa shape index (κ2) is 19.9. The lowest BCUT2D eigenvalue weighted by atomic mass is 9.81. The average molecular weight is 753 g/mol. The van der Waals surface area contributed by atoms with Crippen LogP contribution in [0.1, 0.15) is 112 Å². The first-order chi connectivity index (χ1) is 25.8. The van der Waals surface area contributed by atoms with Crippen LogP contribution in [0, 0.1) is 17.8 Å². The first-order valence-corrected chi connectivity index (χ1v) is 19.0. The second-order valence-electron chi connectivity index (χ2n) is 14.6. The molecule has 3 fully saturated rings. The van der Waals surface area contributed by atoms with E-state index in [1.54, 1.807) is 21.1 Å². The summed E-state index contributed by atoms with van der Waals surface area (Å²) in [7, 11) is 7.51. The molecular formula is C43H59F3N4O4. The van der Waals surface area contributed by atoms with Crippen LogP contribution in [-0.4, -0.2) is 87.0 Å². The number of methoxy groups -OCH3 is 1. The topological polar surface area (TPSA) is 83.9 Å². The van der Waals surface area contributed by atoms with Crippen LogP contribution in [-0.2, 0) is 16.1 Å². The molecule has 8 nitrogen and oxygen atoms in total. The molecule has 1 aromatic heterocycles. The molecule has 2 unspecified atom stereocenters. The summed E-state index contributed by atoms with van der Waals surface area (Å²) in [6.45, 7) is 10.8. The van der Waals surface area contributed by atoms with E-state index in [1.165, 1.54) is 66.8 Å². The molecule has 2 aliphatic heterocycles. The van der Waals surface area contributed by atoms with Gasteiger partial charge in [-0.1, -0.05) is 39.2 Å². The molecule has 2 aliphatic carbocycles. The highest BCUT2D eigenvalue weighted by Crippen LogP contribution is 2.66. The maximum atomic E-state index is 14.0. The number of terminal acetylenes is 1. The Morgan fingerprint density at radius 3 is 2.17 bits per heavy atom. The van der Waals surface area contributed by atoms with Crippen molar-refractivity contribution in [3.8, 4) is 29.4 Å². The van der Waals surface area contributed by atoms with Crippen molar-refractivity contribution in [2.24, 2.45) is 5.41 Å². The van der Waals surface area contributed by atoms with Crippen molar-refractivity contribution in [3.05, 3.63) is 53.1 Å². The van der Waals surface area contributed by atoms with Gasteiger partial charge in [0.15, 0.2) is 0 Å². The SMILES string of the molecule is C#CC.C=O.CCCC(F)(F)F.CCN(C)C.CNC(=O)c1ccc2c(C3CCCCC3)c3n(c2c1)CC1(C(=O)N2CCC2)CC1c1cc(OC)ccc1-3. The molecule has 1 saturated heterocycles. The van der Waals surface area contributed by atoms with E-state index in [2.05, 4.69) is 83.4 Å². The van der Waals surface area contributed by atoms with Crippen LogP contribution in [0.5, 0.6) is 5.75 Å². The number of ether oxygens (including phenoxy) is 1. The lowest BCUT2D eigenvalue weighted by molar-refractivity contribution is -0.141. The molecule has 54 heavy (non-hydrogen) atoms. The summed E-state index contributed by atoms with van der Waals surface area (Å²) >= 11 is 0. The fourth-order valence-electron chi connectivity index (χ4n) is 7.68. The highest BCUT2D eigenvalue weighted by atomic mass is 19.4. The number of nitrogens with one attached hydrogen (secondary N) is 1. The average Bonchev–Trinajstić information content (AvgIpc) is 3.82. The standard InChI is InChI=1S/C31H35N3O3.C4H7F3.C4H11N.C3H4.CH2O/c1-32-29(35)20-9-11-23-26(15-20)34-18-31(30(36)33-13-6-14-33)17-25(31)24-16-21(37-2)10-12-22(24)28(34)27(23)19-7-4-3-5-8-19;1-2-3-4(5,6)7;1-4-5(2)3;1-3-2;1-2/h9-12,15-16,19,25H,3-8,13-14,17-18H2,1-2H3,(H,32,35);2-3H2,1H3;4H2,1-3H3;1H,2H3;1H2. The Morgan fingerprint density at radius 1 is 1.06 bits per heavy atom. The second-order valence-corrected chi connectivity index (χ2v) is 14.6. The fraction of sp³-hybridized carbons (Fsp3) is 0.558. The van der Waals surface area contributed by atoms with Crippen molar-refractivity contribution < 1.29 is 32.3 Å². The molecule has 4 aliphatic rings. The molecule has 296 valence electrons. The molecule has 0 spiro atoms. The Morgan fingerprint density at radius 2 is 1.69 bits per heavy atom. The molecule has 1 N–H and O–H groups in total. The molecule has 11 heteroatoms. The van der Waals surface area contributed by atoms with Crippen LogP contribution in [0.4, 0.5) is 13.2 Å². The predicted molar refractivity (Wildman–Crippen MR) is 211 cm³/mol. The van der Waals surface area contributed by atoms with Gasteiger partial charge in [0.1, 0.15) is 12.5 Å². The largest absolute Gasteiger partial charge is 0.497 e. The molecule has 2 saturated carbocycles. The number of halogens is 3. The minimum Gasteiger partial charge on any atom is -0.497 e. The van der Waals surface area contributed by atoms with Gasteiger partial charge < -0.3 is 29.2 Å². The molecule has 2 amide bonds. The first-order valence-electron chi connectivity index (χ1n) is 19.0. The van der Waals surface area contributed by atoms with Crippen LogP contribution in [0.25, 0.3) is 22.2 Å². The van der Waals surface area contributed by atoms with E-state index < -0.39 is 18.0 Å². The number of carbonyl (C=O) groups is 3. The van der Waals surface area contributed by atoms with Crippen molar-refractivity contribution in [1.82, 2.24) is 19.7 Å². The number of alkyl halides is 3. The molecule has 7 rings (SSSR count). The summed E-state index contributed by atoms with van der Waals surface area (Å²) in [6, 6.07) is 12.6. The molecule has 3 heterocycles. The molecule has 2 aromatic carbocycles. The number of aromatic nitrogens is 1. The summed E-state index contributed by atoms with van der Waals surface area (Å²) in [6.07, 6.45) is 8.32.